The summed E-state index contributed by atoms with van der Waals surface area (Å²) in [4.78, 5) is 10.9. The molecule has 3 aromatic rings. The number of piperidine rings is 1. The van der Waals surface area contributed by atoms with Crippen molar-refractivity contribution >= 4 is 44.9 Å². The Bertz CT molecular complexity index is 1420. The minimum absolute atomic E-state index is 0.212. The molecule has 2 aromatic heterocycles. The number of nitrogens with zero attached hydrogens (tertiary/aromatic N) is 5. The molecule has 0 radical (unpaired) electrons. The fourth-order valence-electron chi connectivity index (χ4n) is 5.10. The Balaban J connectivity index is 1.17. The minimum atomic E-state index is -3.10. The van der Waals surface area contributed by atoms with Crippen LogP contribution in [0.3, 0.4) is 0 Å². The van der Waals surface area contributed by atoms with Gasteiger partial charge in [-0.05, 0) is 88.3 Å². The number of halogens is 2. The zero-order valence-corrected chi connectivity index (χ0v) is 23.7. The topological polar surface area (TPSA) is 119 Å². The van der Waals surface area contributed by atoms with Crippen LogP contribution in [-0.4, -0.2) is 76.3 Å². The summed E-state index contributed by atoms with van der Waals surface area (Å²) in [5, 5.41) is 13.3. The summed E-state index contributed by atoms with van der Waals surface area (Å²) in [6.45, 7) is 7.72. The molecule has 1 aromatic carbocycles. The number of hydrogen-bond donors (Lipinski definition) is 3. The van der Waals surface area contributed by atoms with Crippen molar-refractivity contribution in [2.45, 2.75) is 45.4 Å². The smallest absolute Gasteiger partial charge is 0.229 e. The maximum atomic E-state index is 15.2. The normalized spacial score (nSPS) is 17.2. The maximum Gasteiger partial charge on any atom is 0.229 e. The summed E-state index contributed by atoms with van der Waals surface area (Å²) in [5.74, 6) is 1.24. The summed E-state index contributed by atoms with van der Waals surface area (Å²) in [6.07, 6.45) is 4.88. The predicted molar refractivity (Wildman–Crippen MR) is 151 cm³/mol. The van der Waals surface area contributed by atoms with E-state index < -0.39 is 10.0 Å². The summed E-state index contributed by atoms with van der Waals surface area (Å²) >= 11 is 6.24. The Hall–Kier alpha value is -2.80. The van der Waals surface area contributed by atoms with Crippen LogP contribution in [0.15, 0.2) is 24.4 Å². The minimum Gasteiger partial charge on any atom is -0.322 e. The number of aromatic nitrogens is 4. The van der Waals surface area contributed by atoms with Gasteiger partial charge in [-0.1, -0.05) is 11.6 Å². The summed E-state index contributed by atoms with van der Waals surface area (Å²) < 4.78 is 41.3. The molecule has 2 aliphatic heterocycles. The van der Waals surface area contributed by atoms with Gasteiger partial charge in [-0.3, -0.25) is 5.10 Å². The molecule has 210 valence electrons. The third-order valence-corrected chi connectivity index (χ3v) is 9.64. The lowest BCUT2D eigenvalue weighted by molar-refractivity contribution is 0.212. The number of hydrogen-bond acceptors (Lipinski definition) is 8. The van der Waals surface area contributed by atoms with Crippen molar-refractivity contribution in [3.63, 3.8) is 0 Å². The number of likely N-dealkylation sites (tertiary alicyclic amines) is 1. The molecule has 10 nitrogen and oxygen atoms in total. The Labute approximate surface area is 233 Å². The lowest BCUT2D eigenvalue weighted by Gasteiger charge is -2.33. The quantitative estimate of drug-likeness (QED) is 0.318. The van der Waals surface area contributed by atoms with Gasteiger partial charge in [0.25, 0.3) is 0 Å². The third kappa shape index (κ3) is 6.68. The highest BCUT2D eigenvalue weighted by Crippen LogP contribution is 2.34. The van der Waals surface area contributed by atoms with E-state index in [1.165, 1.54) is 6.20 Å². The number of sulfonamides is 1. The molecule has 13 heteroatoms. The molecule has 2 saturated heterocycles. The van der Waals surface area contributed by atoms with E-state index in [1.807, 2.05) is 19.9 Å². The third-order valence-electron chi connectivity index (χ3n) is 7.41. The lowest BCUT2D eigenvalue weighted by Crippen LogP contribution is -2.43. The molecule has 0 spiro atoms. The van der Waals surface area contributed by atoms with Gasteiger partial charge in [0.1, 0.15) is 10.8 Å². The first-order valence-corrected chi connectivity index (χ1v) is 15.3. The Morgan fingerprint density at radius 2 is 1.90 bits per heavy atom. The molecule has 0 unspecified atom stereocenters. The first kappa shape index (κ1) is 27.8. The van der Waals surface area contributed by atoms with Crippen molar-refractivity contribution in [1.29, 1.82) is 0 Å². The molecule has 5 rings (SSSR count). The Morgan fingerprint density at radius 3 is 2.56 bits per heavy atom. The van der Waals surface area contributed by atoms with Crippen LogP contribution in [0.25, 0.3) is 0 Å². The van der Waals surface area contributed by atoms with Gasteiger partial charge in [0.05, 0.1) is 17.6 Å². The van der Waals surface area contributed by atoms with Crippen LogP contribution in [0, 0.1) is 19.7 Å². The lowest BCUT2D eigenvalue weighted by atomic mass is 9.86. The molecule has 0 aliphatic carbocycles. The van der Waals surface area contributed by atoms with E-state index in [0.29, 0.717) is 41.9 Å². The van der Waals surface area contributed by atoms with E-state index in [1.54, 1.807) is 16.4 Å². The van der Waals surface area contributed by atoms with E-state index in [2.05, 4.69) is 35.7 Å². The molecule has 0 atom stereocenters. The zero-order valence-electron chi connectivity index (χ0n) is 22.2. The van der Waals surface area contributed by atoms with Crippen LogP contribution in [-0.2, 0) is 10.0 Å². The van der Waals surface area contributed by atoms with Crippen molar-refractivity contribution in [2.24, 2.45) is 0 Å². The zero-order chi connectivity index (χ0) is 27.6. The van der Waals surface area contributed by atoms with E-state index in [9.17, 15) is 8.42 Å². The number of aromatic amines is 1. The second-order valence-electron chi connectivity index (χ2n) is 10.3. The highest BCUT2D eigenvalue weighted by Gasteiger charge is 2.28. The van der Waals surface area contributed by atoms with Gasteiger partial charge >= 0.3 is 0 Å². The van der Waals surface area contributed by atoms with Gasteiger partial charge in [-0.15, -0.1) is 0 Å². The first-order chi connectivity index (χ1) is 18.7. The highest BCUT2D eigenvalue weighted by atomic mass is 35.5. The van der Waals surface area contributed by atoms with E-state index in [0.717, 1.165) is 55.7 Å². The standard InChI is InChI=1S/C26H34ClFN8O2S/c1-17-13-23(30-26-29-16-21(27)25(32-26)31-24-14-18(2)33-34-24)22(28)15-20(17)19-5-10-35(11-6-19)7-4-12-39(37,38)36-8-3-9-36/h13-16,19H,3-12H2,1-2H3,(H3,29,30,31,32,33,34). The van der Waals surface area contributed by atoms with Crippen molar-refractivity contribution < 1.29 is 12.8 Å². The van der Waals surface area contributed by atoms with Crippen LogP contribution in [0.1, 0.15) is 48.4 Å². The largest absolute Gasteiger partial charge is 0.322 e. The van der Waals surface area contributed by atoms with Crippen molar-refractivity contribution in [3.8, 4) is 0 Å². The van der Waals surface area contributed by atoms with E-state index in [-0.39, 0.29) is 23.4 Å². The van der Waals surface area contributed by atoms with Crippen LogP contribution >= 0.6 is 11.6 Å². The molecule has 3 N–H and O–H groups in total. The number of benzene rings is 1. The van der Waals surface area contributed by atoms with Crippen LogP contribution in [0.2, 0.25) is 5.02 Å². The molecule has 0 bridgehead atoms. The summed E-state index contributed by atoms with van der Waals surface area (Å²) in [5.41, 5.74) is 3.18. The van der Waals surface area contributed by atoms with E-state index >= 15 is 4.39 Å². The number of rotatable bonds is 10. The van der Waals surface area contributed by atoms with Crippen LogP contribution in [0.4, 0.5) is 27.7 Å². The molecule has 0 amide bonds. The number of nitrogens with one attached hydrogen (secondary N) is 3. The first-order valence-electron chi connectivity index (χ1n) is 13.3. The maximum absolute atomic E-state index is 15.2. The average Bonchev–Trinajstić information content (AvgIpc) is 3.26. The molecule has 2 fully saturated rings. The summed E-state index contributed by atoms with van der Waals surface area (Å²) in [6, 6.07) is 5.22. The average molecular weight is 577 g/mol. The molecule has 0 saturated carbocycles. The number of aryl methyl sites for hydroxylation is 2. The number of H-pyrrole nitrogens is 1. The van der Waals surface area contributed by atoms with Gasteiger partial charge in [0.15, 0.2) is 11.6 Å². The Kier molecular flexibility index (Phi) is 8.36. The second kappa shape index (κ2) is 11.7. The van der Waals surface area contributed by atoms with Crippen LogP contribution in [0.5, 0.6) is 0 Å². The van der Waals surface area contributed by atoms with Crippen molar-refractivity contribution in [2.75, 3.05) is 49.1 Å². The SMILES string of the molecule is Cc1cc(Nc2nc(Nc3cc(C)c(C4CCN(CCCS(=O)(=O)N5CCC5)CC4)cc3F)ncc2Cl)n[nH]1. The highest BCUT2D eigenvalue weighted by molar-refractivity contribution is 7.89. The predicted octanol–water partition coefficient (Wildman–Crippen LogP) is 4.70. The van der Waals surface area contributed by atoms with Gasteiger partial charge in [-0.2, -0.15) is 10.1 Å². The molecular formula is C26H34ClFN8O2S. The number of anilines is 4. The fraction of sp³-hybridized carbons (Fsp3) is 0.500. The molecule has 4 heterocycles. The van der Waals surface area contributed by atoms with Gasteiger partial charge in [0, 0.05) is 24.8 Å². The van der Waals surface area contributed by atoms with Gasteiger partial charge < -0.3 is 15.5 Å². The van der Waals surface area contributed by atoms with Gasteiger partial charge in [0.2, 0.25) is 16.0 Å². The van der Waals surface area contributed by atoms with Crippen LogP contribution < -0.4 is 10.6 Å². The fourth-order valence-corrected chi connectivity index (χ4v) is 6.81. The summed E-state index contributed by atoms with van der Waals surface area (Å²) in [7, 11) is -3.10. The monoisotopic (exact) mass is 576 g/mol. The molecule has 2 aliphatic rings. The second-order valence-corrected chi connectivity index (χ2v) is 12.8. The van der Waals surface area contributed by atoms with Crippen molar-refractivity contribution in [1.82, 2.24) is 29.4 Å². The van der Waals surface area contributed by atoms with E-state index in [4.69, 9.17) is 11.6 Å². The molecular weight excluding hydrogens is 543 g/mol. The van der Waals surface area contributed by atoms with Crippen molar-refractivity contribution in [3.05, 3.63) is 52.1 Å². The molecule has 39 heavy (non-hydrogen) atoms. The van der Waals surface area contributed by atoms with Gasteiger partial charge in [-0.25, -0.2) is 22.1 Å². The Morgan fingerprint density at radius 1 is 1.13 bits per heavy atom.